The van der Waals surface area contributed by atoms with Crippen molar-refractivity contribution in [3.63, 3.8) is 0 Å². The van der Waals surface area contributed by atoms with Crippen molar-refractivity contribution < 1.29 is 4.79 Å². The van der Waals surface area contributed by atoms with E-state index in [1.165, 1.54) is 0 Å². The van der Waals surface area contributed by atoms with Gasteiger partial charge in [0.2, 0.25) is 0 Å². The summed E-state index contributed by atoms with van der Waals surface area (Å²) in [5.74, 6) is -0.0372. The van der Waals surface area contributed by atoms with Crippen molar-refractivity contribution in [3.8, 4) is 0 Å². The van der Waals surface area contributed by atoms with E-state index in [0.29, 0.717) is 11.6 Å². The fraction of sp³-hybridized carbons (Fsp3) is 0.636. The van der Waals surface area contributed by atoms with Gasteiger partial charge in [-0.15, -0.1) is 0 Å². The Balaban J connectivity index is 2.21. The van der Waals surface area contributed by atoms with E-state index in [1.807, 2.05) is 25.5 Å². The summed E-state index contributed by atoms with van der Waals surface area (Å²) < 4.78 is 2.56. The third-order valence-electron chi connectivity index (χ3n) is 2.50. The van der Waals surface area contributed by atoms with Crippen LogP contribution in [0.15, 0.2) is 10.8 Å². The minimum atomic E-state index is -0.128. The molecule has 0 aliphatic heterocycles. The molecule has 1 aliphatic carbocycles. The molecule has 0 bridgehead atoms. The van der Waals surface area contributed by atoms with Crippen LogP contribution in [0.3, 0.4) is 0 Å². The van der Waals surface area contributed by atoms with Gasteiger partial charge in [-0.3, -0.25) is 9.48 Å². The summed E-state index contributed by atoms with van der Waals surface area (Å²) in [6, 6.07) is 0.373. The van der Waals surface area contributed by atoms with Gasteiger partial charge in [-0.2, -0.15) is 5.10 Å². The van der Waals surface area contributed by atoms with E-state index in [9.17, 15) is 4.79 Å². The molecule has 0 aromatic carbocycles. The van der Waals surface area contributed by atoms with E-state index < -0.39 is 0 Å². The molecular formula is C11H16BrN3O. The average molecular weight is 286 g/mol. The third kappa shape index (κ3) is 2.29. The van der Waals surface area contributed by atoms with Gasteiger partial charge in [0.1, 0.15) is 4.60 Å². The first-order chi connectivity index (χ1) is 7.39. The Bertz CT molecular complexity index is 415. The van der Waals surface area contributed by atoms with Gasteiger partial charge in [0.25, 0.3) is 5.91 Å². The number of halogens is 1. The van der Waals surface area contributed by atoms with Crippen LogP contribution in [0.5, 0.6) is 0 Å². The summed E-state index contributed by atoms with van der Waals surface area (Å²) in [4.78, 5) is 11.9. The minimum Gasteiger partial charge on any atom is -0.349 e. The molecule has 1 N–H and O–H groups in total. The fourth-order valence-corrected chi connectivity index (χ4v) is 2.35. The third-order valence-corrected chi connectivity index (χ3v) is 3.27. The lowest BCUT2D eigenvalue weighted by Gasteiger charge is -2.20. The molecule has 1 aliphatic rings. The van der Waals surface area contributed by atoms with Crippen LogP contribution in [0.25, 0.3) is 0 Å². The van der Waals surface area contributed by atoms with E-state index in [0.717, 1.165) is 17.4 Å². The molecule has 2 rings (SSSR count). The summed E-state index contributed by atoms with van der Waals surface area (Å²) in [6.45, 7) is 6.15. The Kier molecular flexibility index (Phi) is 2.82. The number of hydrogen-bond donors (Lipinski definition) is 1. The zero-order valence-electron chi connectivity index (χ0n) is 9.75. The molecule has 1 saturated carbocycles. The highest BCUT2D eigenvalue weighted by Gasteiger charge is 2.27. The molecule has 1 aromatic heterocycles. The highest BCUT2D eigenvalue weighted by Crippen LogP contribution is 2.25. The predicted octanol–water partition coefficient (Wildman–Crippen LogP) is 2.29. The smallest absolute Gasteiger partial charge is 0.255 e. The number of nitrogens with zero attached hydrogens (tertiary/aromatic N) is 2. The van der Waals surface area contributed by atoms with Crippen LogP contribution in [0.4, 0.5) is 0 Å². The first kappa shape index (κ1) is 11.6. The van der Waals surface area contributed by atoms with Gasteiger partial charge in [0.15, 0.2) is 0 Å². The number of amides is 1. The minimum absolute atomic E-state index is 0.0372. The molecule has 1 aromatic rings. The van der Waals surface area contributed by atoms with Crippen LogP contribution in [-0.2, 0) is 5.54 Å². The van der Waals surface area contributed by atoms with Crippen LogP contribution in [0, 0.1) is 0 Å². The summed E-state index contributed by atoms with van der Waals surface area (Å²) in [7, 11) is 0. The first-order valence-electron chi connectivity index (χ1n) is 5.44. The van der Waals surface area contributed by atoms with Crippen molar-refractivity contribution >= 4 is 21.8 Å². The van der Waals surface area contributed by atoms with E-state index in [2.05, 4.69) is 26.3 Å². The standard InChI is InChI=1S/C11H16BrN3O/c1-11(2,3)15-9(12)8(6-13-15)10(16)14-7-4-5-7/h6-7H,4-5H2,1-3H3,(H,14,16). The zero-order valence-corrected chi connectivity index (χ0v) is 11.3. The maximum absolute atomic E-state index is 11.9. The lowest BCUT2D eigenvalue weighted by molar-refractivity contribution is 0.0950. The molecule has 0 radical (unpaired) electrons. The highest BCUT2D eigenvalue weighted by atomic mass is 79.9. The molecule has 1 amide bonds. The molecule has 1 fully saturated rings. The van der Waals surface area contributed by atoms with Gasteiger partial charge in [-0.1, -0.05) is 0 Å². The van der Waals surface area contributed by atoms with Crippen LogP contribution in [0.1, 0.15) is 44.0 Å². The summed E-state index contributed by atoms with van der Waals surface area (Å²) in [6.07, 6.45) is 3.81. The van der Waals surface area contributed by atoms with Gasteiger partial charge >= 0.3 is 0 Å². The van der Waals surface area contributed by atoms with Crippen molar-refractivity contribution in [1.29, 1.82) is 0 Å². The largest absolute Gasteiger partial charge is 0.349 e. The second kappa shape index (κ2) is 3.87. The number of carbonyl (C=O) groups is 1. The van der Waals surface area contributed by atoms with Crippen LogP contribution in [-0.4, -0.2) is 21.7 Å². The topological polar surface area (TPSA) is 46.9 Å². The van der Waals surface area contributed by atoms with E-state index in [4.69, 9.17) is 0 Å². The maximum atomic E-state index is 11.9. The maximum Gasteiger partial charge on any atom is 0.255 e. The lowest BCUT2D eigenvalue weighted by atomic mass is 10.1. The fourth-order valence-electron chi connectivity index (χ4n) is 1.44. The molecular weight excluding hydrogens is 270 g/mol. The summed E-state index contributed by atoms with van der Waals surface area (Å²) in [5, 5.41) is 7.20. The average Bonchev–Trinajstić information content (AvgIpc) is 2.85. The highest BCUT2D eigenvalue weighted by molar-refractivity contribution is 9.10. The molecule has 0 saturated heterocycles. The van der Waals surface area contributed by atoms with Gasteiger partial charge < -0.3 is 5.32 Å². The summed E-state index contributed by atoms with van der Waals surface area (Å²) in [5.41, 5.74) is 0.485. The van der Waals surface area contributed by atoms with Gasteiger partial charge in [0, 0.05) is 6.04 Å². The lowest BCUT2D eigenvalue weighted by Crippen LogP contribution is -2.26. The van der Waals surface area contributed by atoms with Gasteiger partial charge in [0.05, 0.1) is 17.3 Å². The Hall–Kier alpha value is -0.840. The van der Waals surface area contributed by atoms with Crippen molar-refractivity contribution in [2.45, 2.75) is 45.2 Å². The SMILES string of the molecule is CC(C)(C)n1ncc(C(=O)NC2CC2)c1Br. The molecule has 5 heteroatoms. The monoisotopic (exact) mass is 285 g/mol. The zero-order chi connectivity index (χ0) is 11.9. The Labute approximate surface area is 104 Å². The predicted molar refractivity (Wildman–Crippen MR) is 65.4 cm³/mol. The Morgan fingerprint density at radius 2 is 2.19 bits per heavy atom. The van der Waals surface area contributed by atoms with Crippen LogP contribution >= 0.6 is 15.9 Å². The quantitative estimate of drug-likeness (QED) is 0.906. The molecule has 16 heavy (non-hydrogen) atoms. The first-order valence-corrected chi connectivity index (χ1v) is 6.24. The Morgan fingerprint density at radius 1 is 1.56 bits per heavy atom. The number of hydrogen-bond acceptors (Lipinski definition) is 2. The number of nitrogens with one attached hydrogen (secondary N) is 1. The molecule has 4 nitrogen and oxygen atoms in total. The normalized spacial score (nSPS) is 16.2. The van der Waals surface area contributed by atoms with E-state index in [1.54, 1.807) is 6.20 Å². The van der Waals surface area contributed by atoms with Gasteiger partial charge in [-0.25, -0.2) is 0 Å². The molecule has 0 unspecified atom stereocenters. The molecule has 1 heterocycles. The van der Waals surface area contributed by atoms with E-state index in [-0.39, 0.29) is 11.4 Å². The van der Waals surface area contributed by atoms with Crippen LogP contribution in [0.2, 0.25) is 0 Å². The van der Waals surface area contributed by atoms with Crippen LogP contribution < -0.4 is 5.32 Å². The van der Waals surface area contributed by atoms with Crippen molar-refractivity contribution in [2.75, 3.05) is 0 Å². The summed E-state index contributed by atoms with van der Waals surface area (Å²) >= 11 is 3.44. The second-order valence-electron chi connectivity index (χ2n) is 5.18. The number of carbonyl (C=O) groups excluding carboxylic acids is 1. The number of rotatable bonds is 2. The molecule has 0 atom stereocenters. The Morgan fingerprint density at radius 3 is 2.62 bits per heavy atom. The van der Waals surface area contributed by atoms with Crippen molar-refractivity contribution in [3.05, 3.63) is 16.4 Å². The number of aromatic nitrogens is 2. The van der Waals surface area contributed by atoms with E-state index >= 15 is 0 Å². The van der Waals surface area contributed by atoms with Crippen molar-refractivity contribution in [1.82, 2.24) is 15.1 Å². The van der Waals surface area contributed by atoms with Gasteiger partial charge in [-0.05, 0) is 49.5 Å². The van der Waals surface area contributed by atoms with Crippen molar-refractivity contribution in [2.24, 2.45) is 0 Å². The molecule has 0 spiro atoms. The second-order valence-corrected chi connectivity index (χ2v) is 5.93. The molecule has 88 valence electrons.